The summed E-state index contributed by atoms with van der Waals surface area (Å²) in [5.41, 5.74) is 1.44. The molecule has 0 aliphatic heterocycles. The number of thioether (sulfide) groups is 1. The van der Waals surface area contributed by atoms with Crippen molar-refractivity contribution in [2.75, 3.05) is 18.2 Å². The highest BCUT2D eigenvalue weighted by molar-refractivity contribution is 8.01. The second-order valence-electron chi connectivity index (χ2n) is 6.35. The van der Waals surface area contributed by atoms with Gasteiger partial charge in [-0.1, -0.05) is 53.4 Å². The second-order valence-corrected chi connectivity index (χ2v) is 8.55. The Hall–Kier alpha value is -3.36. The van der Waals surface area contributed by atoms with Crippen molar-refractivity contribution in [1.82, 2.24) is 10.2 Å². The molecule has 0 aliphatic rings. The van der Waals surface area contributed by atoms with Crippen LogP contribution in [0, 0.1) is 0 Å². The summed E-state index contributed by atoms with van der Waals surface area (Å²) in [6, 6.07) is 24.4. The maximum atomic E-state index is 12.5. The van der Waals surface area contributed by atoms with Gasteiger partial charge in [0.15, 0.2) is 10.1 Å². The maximum Gasteiger partial charge on any atom is 0.210 e. The molecule has 0 radical (unpaired) electrons. The van der Waals surface area contributed by atoms with Gasteiger partial charge in [-0.3, -0.25) is 4.79 Å². The van der Waals surface area contributed by atoms with Crippen LogP contribution >= 0.6 is 23.1 Å². The number of rotatable bonds is 9. The summed E-state index contributed by atoms with van der Waals surface area (Å²) in [5.74, 6) is 2.37. The van der Waals surface area contributed by atoms with E-state index in [2.05, 4.69) is 15.5 Å². The van der Waals surface area contributed by atoms with Gasteiger partial charge in [-0.25, -0.2) is 0 Å². The number of methoxy groups -OCH3 is 1. The Balaban J connectivity index is 1.32. The van der Waals surface area contributed by atoms with Crippen LogP contribution < -0.4 is 14.8 Å². The summed E-state index contributed by atoms with van der Waals surface area (Å²) in [4.78, 5) is 12.5. The molecule has 0 spiro atoms. The largest absolute Gasteiger partial charge is 0.496 e. The average Bonchev–Trinajstić information content (AvgIpc) is 3.26. The Morgan fingerprint density at radius 1 is 0.935 bits per heavy atom. The number of ketones is 1. The molecule has 0 aliphatic carbocycles. The van der Waals surface area contributed by atoms with Gasteiger partial charge in [0, 0.05) is 5.69 Å². The SMILES string of the molecule is COc1ccccc1C(=O)CSc1nnc(Nc2ccc(Oc3ccccc3)cc2)s1. The first-order valence-corrected chi connectivity index (χ1v) is 11.2. The Morgan fingerprint density at radius 2 is 1.65 bits per heavy atom. The van der Waals surface area contributed by atoms with Gasteiger partial charge >= 0.3 is 0 Å². The Morgan fingerprint density at radius 3 is 2.42 bits per heavy atom. The number of carbonyl (C=O) groups is 1. The minimum Gasteiger partial charge on any atom is -0.496 e. The predicted octanol–water partition coefficient (Wildman–Crippen LogP) is 6.06. The number of carbonyl (C=O) groups excluding carboxylic acids is 1. The summed E-state index contributed by atoms with van der Waals surface area (Å²) in [7, 11) is 1.56. The van der Waals surface area contributed by atoms with Crippen molar-refractivity contribution in [3.63, 3.8) is 0 Å². The third kappa shape index (κ3) is 5.62. The third-order valence-electron chi connectivity index (χ3n) is 4.23. The number of nitrogens with zero attached hydrogens (tertiary/aromatic N) is 2. The lowest BCUT2D eigenvalue weighted by Crippen LogP contribution is -2.04. The molecule has 6 nitrogen and oxygen atoms in total. The van der Waals surface area contributed by atoms with Crippen molar-refractivity contribution in [2.45, 2.75) is 4.34 Å². The molecular weight excluding hydrogens is 430 g/mol. The van der Waals surface area contributed by atoms with Crippen molar-refractivity contribution in [1.29, 1.82) is 0 Å². The van der Waals surface area contributed by atoms with E-state index in [-0.39, 0.29) is 11.5 Å². The lowest BCUT2D eigenvalue weighted by Gasteiger charge is -2.07. The van der Waals surface area contributed by atoms with E-state index in [4.69, 9.17) is 9.47 Å². The molecule has 156 valence electrons. The fourth-order valence-electron chi connectivity index (χ4n) is 2.75. The van der Waals surface area contributed by atoms with Gasteiger partial charge in [-0.15, -0.1) is 10.2 Å². The van der Waals surface area contributed by atoms with E-state index in [0.717, 1.165) is 21.5 Å². The van der Waals surface area contributed by atoms with Gasteiger partial charge < -0.3 is 14.8 Å². The summed E-state index contributed by atoms with van der Waals surface area (Å²) in [5, 5.41) is 12.2. The first-order valence-electron chi connectivity index (χ1n) is 9.44. The van der Waals surface area contributed by atoms with E-state index < -0.39 is 0 Å². The molecule has 1 heterocycles. The van der Waals surface area contributed by atoms with Crippen molar-refractivity contribution in [2.24, 2.45) is 0 Å². The van der Waals surface area contributed by atoms with E-state index in [1.165, 1.54) is 23.1 Å². The van der Waals surface area contributed by atoms with E-state index in [1.54, 1.807) is 19.2 Å². The predicted molar refractivity (Wildman–Crippen MR) is 124 cm³/mol. The Kier molecular flexibility index (Phi) is 6.81. The number of ether oxygens (including phenoxy) is 2. The minimum atomic E-state index is -0.0128. The van der Waals surface area contributed by atoms with E-state index in [0.29, 0.717) is 16.4 Å². The first-order chi connectivity index (χ1) is 15.2. The maximum absolute atomic E-state index is 12.5. The van der Waals surface area contributed by atoms with Crippen LogP contribution in [0.1, 0.15) is 10.4 Å². The fraction of sp³-hybridized carbons (Fsp3) is 0.0870. The van der Waals surface area contributed by atoms with Crippen molar-refractivity contribution in [3.8, 4) is 17.2 Å². The Labute approximate surface area is 188 Å². The normalized spacial score (nSPS) is 10.5. The number of para-hydroxylation sites is 2. The highest BCUT2D eigenvalue weighted by atomic mass is 32.2. The van der Waals surface area contributed by atoms with Gasteiger partial charge in [-0.05, 0) is 48.5 Å². The number of nitrogens with one attached hydrogen (secondary N) is 1. The van der Waals surface area contributed by atoms with Gasteiger partial charge in [0.2, 0.25) is 5.13 Å². The van der Waals surface area contributed by atoms with E-state index in [1.807, 2.05) is 66.7 Å². The van der Waals surface area contributed by atoms with Gasteiger partial charge in [0.25, 0.3) is 0 Å². The molecule has 8 heteroatoms. The second kappa shape index (κ2) is 10.1. The molecule has 31 heavy (non-hydrogen) atoms. The number of hydrogen-bond donors (Lipinski definition) is 1. The molecule has 0 amide bonds. The van der Waals surface area contributed by atoms with Crippen LogP contribution in [0.4, 0.5) is 10.8 Å². The van der Waals surface area contributed by atoms with Crippen molar-refractivity contribution >= 4 is 39.7 Å². The molecule has 0 bridgehead atoms. The Bertz CT molecular complexity index is 1150. The summed E-state index contributed by atoms with van der Waals surface area (Å²) in [6.07, 6.45) is 0. The molecule has 0 fully saturated rings. The summed E-state index contributed by atoms with van der Waals surface area (Å²) < 4.78 is 11.8. The van der Waals surface area contributed by atoms with E-state index >= 15 is 0 Å². The van der Waals surface area contributed by atoms with Crippen LogP contribution in [0.2, 0.25) is 0 Å². The highest BCUT2D eigenvalue weighted by Crippen LogP contribution is 2.30. The average molecular weight is 450 g/mol. The zero-order valence-electron chi connectivity index (χ0n) is 16.6. The van der Waals surface area contributed by atoms with Crippen molar-refractivity contribution < 1.29 is 14.3 Å². The van der Waals surface area contributed by atoms with Gasteiger partial charge in [-0.2, -0.15) is 0 Å². The molecule has 1 N–H and O–H groups in total. The van der Waals surface area contributed by atoms with Crippen LogP contribution in [0.25, 0.3) is 0 Å². The lowest BCUT2D eigenvalue weighted by molar-refractivity contribution is 0.101. The van der Waals surface area contributed by atoms with Crippen LogP contribution in [-0.2, 0) is 0 Å². The molecule has 4 aromatic rings. The zero-order chi connectivity index (χ0) is 21.5. The molecule has 1 aromatic heterocycles. The van der Waals surface area contributed by atoms with Gasteiger partial charge in [0.1, 0.15) is 17.2 Å². The number of anilines is 2. The van der Waals surface area contributed by atoms with Crippen LogP contribution in [-0.4, -0.2) is 28.8 Å². The van der Waals surface area contributed by atoms with Gasteiger partial charge in [0.05, 0.1) is 18.4 Å². The minimum absolute atomic E-state index is 0.0128. The smallest absolute Gasteiger partial charge is 0.210 e. The van der Waals surface area contributed by atoms with Crippen LogP contribution in [0.5, 0.6) is 17.2 Å². The molecule has 0 atom stereocenters. The van der Waals surface area contributed by atoms with Crippen LogP contribution in [0.15, 0.2) is 83.2 Å². The standard InChI is InChI=1S/C23H19N3O3S2/c1-28-21-10-6-5-9-19(21)20(27)15-30-23-26-25-22(31-23)24-16-11-13-18(14-12-16)29-17-7-3-2-4-8-17/h2-14H,15H2,1H3,(H,24,25). The molecule has 0 saturated carbocycles. The lowest BCUT2D eigenvalue weighted by atomic mass is 10.1. The topological polar surface area (TPSA) is 73.3 Å². The molecule has 0 saturated heterocycles. The fourth-order valence-corrected chi connectivity index (χ4v) is 4.41. The molecule has 4 rings (SSSR count). The molecular formula is C23H19N3O3S2. The summed E-state index contributed by atoms with van der Waals surface area (Å²) >= 11 is 2.75. The zero-order valence-corrected chi connectivity index (χ0v) is 18.3. The quantitative estimate of drug-likeness (QED) is 0.246. The van der Waals surface area contributed by atoms with Crippen LogP contribution in [0.3, 0.4) is 0 Å². The molecule has 0 unspecified atom stereocenters. The highest BCUT2D eigenvalue weighted by Gasteiger charge is 2.14. The number of Topliss-reactive ketones (excluding diaryl/α,β-unsaturated/α-hetero) is 1. The summed E-state index contributed by atoms with van der Waals surface area (Å²) in [6.45, 7) is 0. The first kappa shape index (κ1) is 20.9. The molecule has 3 aromatic carbocycles. The third-order valence-corrected chi connectivity index (χ3v) is 6.20. The number of benzene rings is 3. The number of hydrogen-bond acceptors (Lipinski definition) is 8. The van der Waals surface area contributed by atoms with E-state index in [9.17, 15) is 4.79 Å². The monoisotopic (exact) mass is 449 g/mol. The number of aromatic nitrogens is 2. The van der Waals surface area contributed by atoms with Crippen molar-refractivity contribution in [3.05, 3.63) is 84.4 Å².